The highest BCUT2D eigenvalue weighted by atomic mass is 32.1. The summed E-state index contributed by atoms with van der Waals surface area (Å²) in [5, 5.41) is 9.87. The average Bonchev–Trinajstić information content (AvgIpc) is 3.66. The fourth-order valence-electron chi connectivity index (χ4n) is 5.52. The molecule has 3 heterocycles. The molecule has 1 atom stereocenters. The summed E-state index contributed by atoms with van der Waals surface area (Å²) in [6, 6.07) is 25.0. The summed E-state index contributed by atoms with van der Waals surface area (Å²) < 4.78 is 1.32. The van der Waals surface area contributed by atoms with Crippen LogP contribution in [-0.2, 0) is 0 Å². The molecule has 0 aliphatic carbocycles. The molecule has 2 aromatic heterocycles. The molecule has 37 heavy (non-hydrogen) atoms. The van der Waals surface area contributed by atoms with E-state index in [2.05, 4.69) is 105 Å². The van der Waals surface area contributed by atoms with E-state index in [1.54, 1.807) is 0 Å². The second-order valence-electron chi connectivity index (χ2n) is 10.8. The third kappa shape index (κ3) is 3.64. The maximum atomic E-state index is 4.99. The highest BCUT2D eigenvalue weighted by Gasteiger charge is 2.21. The van der Waals surface area contributed by atoms with Crippen molar-refractivity contribution >= 4 is 59.8 Å². The molecule has 0 saturated carbocycles. The zero-order valence-electron chi connectivity index (χ0n) is 21.6. The number of H-pyrrole nitrogens is 1. The molecule has 1 aliphatic heterocycles. The Hall–Kier alpha value is -3.70. The summed E-state index contributed by atoms with van der Waals surface area (Å²) >= 11 is 1.87. The van der Waals surface area contributed by atoms with E-state index in [0.717, 1.165) is 29.2 Å². The van der Waals surface area contributed by atoms with Gasteiger partial charge in [0.25, 0.3) is 0 Å². The third-order valence-electron chi connectivity index (χ3n) is 7.57. The monoisotopic (exact) mass is 502 g/mol. The van der Waals surface area contributed by atoms with Crippen LogP contribution in [0.2, 0.25) is 0 Å². The lowest BCUT2D eigenvalue weighted by Gasteiger charge is -2.13. The van der Waals surface area contributed by atoms with Crippen LogP contribution in [0.25, 0.3) is 53.1 Å². The average molecular weight is 503 g/mol. The number of benzene rings is 4. The van der Waals surface area contributed by atoms with E-state index in [-0.39, 0.29) is 6.04 Å². The summed E-state index contributed by atoms with van der Waals surface area (Å²) in [5.41, 5.74) is 4.77. The molecule has 6 aromatic rings. The van der Waals surface area contributed by atoms with Gasteiger partial charge in [-0.05, 0) is 45.5 Å². The van der Waals surface area contributed by atoms with Gasteiger partial charge < -0.3 is 10.3 Å². The van der Waals surface area contributed by atoms with E-state index in [1.807, 2.05) is 11.3 Å². The highest BCUT2D eigenvalue weighted by Crippen LogP contribution is 2.40. The van der Waals surface area contributed by atoms with Crippen molar-refractivity contribution in [2.45, 2.75) is 39.7 Å². The number of hydrogen-bond donors (Lipinski definition) is 2. The largest absolute Gasteiger partial charge is 0.365 e. The summed E-state index contributed by atoms with van der Waals surface area (Å²) in [6.45, 7) is 9.57. The predicted octanol–water partition coefficient (Wildman–Crippen LogP) is 8.57. The van der Waals surface area contributed by atoms with Crippen molar-refractivity contribution in [2.24, 2.45) is 10.9 Å². The minimum atomic E-state index is 0.270. The van der Waals surface area contributed by atoms with Gasteiger partial charge in [0, 0.05) is 32.2 Å². The number of nitrogens with one attached hydrogen (secondary N) is 2. The number of thiophene rings is 1. The molecule has 184 valence electrons. The molecule has 5 heteroatoms. The molecule has 1 unspecified atom stereocenters. The molecule has 0 fully saturated rings. The van der Waals surface area contributed by atoms with Gasteiger partial charge in [0.2, 0.25) is 0 Å². The van der Waals surface area contributed by atoms with Crippen LogP contribution in [0.3, 0.4) is 0 Å². The number of hydrogen-bond acceptors (Lipinski definition) is 4. The second kappa shape index (κ2) is 8.42. The lowest BCUT2D eigenvalue weighted by atomic mass is 9.97. The standard InChI is InChI=1S/C32H30N4S/c1-17(2)31-33-16-26(34-31)19-9-10-21-15-28(37-27(21)14-19)20-11-12-24-25(13-20)22-7-5-6-8-23(22)29-30(24)36-32(35-29)18(3)4/h5-15,17-18,26H,16H2,1-4H3,(H,33,34)(H,35,36). The molecule has 4 nitrogen and oxygen atoms in total. The highest BCUT2D eigenvalue weighted by molar-refractivity contribution is 7.22. The van der Waals surface area contributed by atoms with Gasteiger partial charge in [-0.25, -0.2) is 4.98 Å². The van der Waals surface area contributed by atoms with Crippen molar-refractivity contribution in [3.63, 3.8) is 0 Å². The topological polar surface area (TPSA) is 53.1 Å². The lowest BCUT2D eigenvalue weighted by molar-refractivity contribution is 0.694. The van der Waals surface area contributed by atoms with Crippen LogP contribution in [0.15, 0.2) is 71.7 Å². The zero-order valence-corrected chi connectivity index (χ0v) is 22.4. The molecule has 0 amide bonds. The van der Waals surface area contributed by atoms with E-state index < -0.39 is 0 Å². The minimum absolute atomic E-state index is 0.270. The van der Waals surface area contributed by atoms with Gasteiger partial charge in [-0.2, -0.15) is 0 Å². The fraction of sp³-hybridized carbons (Fsp3) is 0.250. The van der Waals surface area contributed by atoms with Crippen molar-refractivity contribution in [3.05, 3.63) is 78.1 Å². The summed E-state index contributed by atoms with van der Waals surface area (Å²) in [6.07, 6.45) is 0. The number of fused-ring (bicyclic) bond motifs is 7. The Morgan fingerprint density at radius 2 is 1.68 bits per heavy atom. The molecule has 0 saturated heterocycles. The van der Waals surface area contributed by atoms with Crippen LogP contribution in [0, 0.1) is 5.92 Å². The fourth-order valence-corrected chi connectivity index (χ4v) is 6.63. The van der Waals surface area contributed by atoms with Crippen LogP contribution in [0.5, 0.6) is 0 Å². The van der Waals surface area contributed by atoms with E-state index in [4.69, 9.17) is 9.98 Å². The number of aromatic nitrogens is 2. The SMILES string of the molecule is CC(C)C1=NCC(c2ccc3cc(-c4ccc5c(c4)c4ccccc4c4nc(C(C)C)[nH]c54)sc3c2)N1. The minimum Gasteiger partial charge on any atom is -0.365 e. The quantitative estimate of drug-likeness (QED) is 0.237. The van der Waals surface area contributed by atoms with Gasteiger partial charge >= 0.3 is 0 Å². The maximum absolute atomic E-state index is 4.99. The Labute approximate surface area is 220 Å². The van der Waals surface area contributed by atoms with Crippen LogP contribution < -0.4 is 5.32 Å². The smallest absolute Gasteiger partial charge is 0.109 e. The maximum Gasteiger partial charge on any atom is 0.109 e. The molecular formula is C32H30N4S. The van der Waals surface area contributed by atoms with Crippen LogP contribution in [0.4, 0.5) is 0 Å². The predicted molar refractivity (Wildman–Crippen MR) is 159 cm³/mol. The molecule has 2 N–H and O–H groups in total. The number of nitrogens with zero attached hydrogens (tertiary/aromatic N) is 2. The van der Waals surface area contributed by atoms with Gasteiger partial charge in [-0.3, -0.25) is 4.99 Å². The van der Waals surface area contributed by atoms with Gasteiger partial charge in [0.15, 0.2) is 0 Å². The second-order valence-corrected chi connectivity index (χ2v) is 11.9. The van der Waals surface area contributed by atoms with Crippen molar-refractivity contribution in [1.29, 1.82) is 0 Å². The lowest BCUT2D eigenvalue weighted by Crippen LogP contribution is -2.26. The van der Waals surface area contributed by atoms with Crippen molar-refractivity contribution in [2.75, 3.05) is 6.54 Å². The van der Waals surface area contributed by atoms with Gasteiger partial charge in [-0.15, -0.1) is 11.3 Å². The van der Waals surface area contributed by atoms with Crippen molar-refractivity contribution < 1.29 is 0 Å². The molecule has 7 rings (SSSR count). The van der Waals surface area contributed by atoms with E-state index in [9.17, 15) is 0 Å². The summed E-state index contributed by atoms with van der Waals surface area (Å²) in [5.74, 6) is 2.95. The number of aliphatic imine (C=N–C) groups is 1. The van der Waals surface area contributed by atoms with E-state index in [0.29, 0.717) is 11.8 Å². The first kappa shape index (κ1) is 22.5. The normalized spacial score (nSPS) is 16.1. The summed E-state index contributed by atoms with van der Waals surface area (Å²) in [4.78, 5) is 14.6. The first-order chi connectivity index (χ1) is 18.0. The third-order valence-corrected chi connectivity index (χ3v) is 8.72. The van der Waals surface area contributed by atoms with Crippen molar-refractivity contribution in [1.82, 2.24) is 15.3 Å². The van der Waals surface area contributed by atoms with E-state index in [1.165, 1.54) is 47.6 Å². The van der Waals surface area contributed by atoms with Crippen LogP contribution >= 0.6 is 11.3 Å². The molecule has 1 aliphatic rings. The molecule has 0 bridgehead atoms. The number of aromatic amines is 1. The first-order valence-electron chi connectivity index (χ1n) is 13.1. The molecular weight excluding hydrogens is 472 g/mol. The Morgan fingerprint density at radius 1 is 0.838 bits per heavy atom. The number of imidazole rings is 1. The van der Waals surface area contributed by atoms with Crippen molar-refractivity contribution in [3.8, 4) is 10.4 Å². The first-order valence-corrected chi connectivity index (χ1v) is 14.0. The summed E-state index contributed by atoms with van der Waals surface area (Å²) in [7, 11) is 0. The van der Waals surface area contributed by atoms with Gasteiger partial charge in [-0.1, -0.05) is 76.2 Å². The van der Waals surface area contributed by atoms with Crippen LogP contribution in [-0.4, -0.2) is 22.3 Å². The number of rotatable bonds is 4. The molecule has 0 radical (unpaired) electrons. The zero-order chi connectivity index (χ0) is 25.3. The van der Waals surface area contributed by atoms with Gasteiger partial charge in [0.05, 0.1) is 29.5 Å². The number of amidine groups is 1. The van der Waals surface area contributed by atoms with Gasteiger partial charge in [0.1, 0.15) is 5.82 Å². The Kier molecular flexibility index (Phi) is 5.12. The Morgan fingerprint density at radius 3 is 2.46 bits per heavy atom. The van der Waals surface area contributed by atoms with E-state index >= 15 is 0 Å². The Balaban J connectivity index is 1.34. The Bertz CT molecular complexity index is 1850. The molecule has 0 spiro atoms. The van der Waals surface area contributed by atoms with Crippen LogP contribution in [0.1, 0.15) is 51.0 Å². The molecule has 4 aromatic carbocycles.